The van der Waals surface area contributed by atoms with E-state index in [9.17, 15) is 14.7 Å². The quantitative estimate of drug-likeness (QED) is 0.371. The van der Waals surface area contributed by atoms with Crippen LogP contribution in [0.4, 0.5) is 10.5 Å². The fourth-order valence-electron chi connectivity index (χ4n) is 5.51. The van der Waals surface area contributed by atoms with E-state index in [1.807, 2.05) is 12.1 Å². The van der Waals surface area contributed by atoms with Crippen LogP contribution in [-0.4, -0.2) is 51.9 Å². The summed E-state index contributed by atoms with van der Waals surface area (Å²) in [4.78, 5) is 28.3. The Balaban J connectivity index is 1.76. The molecule has 1 aliphatic carbocycles. The predicted molar refractivity (Wildman–Crippen MR) is 140 cm³/mol. The summed E-state index contributed by atoms with van der Waals surface area (Å²) in [5, 5.41) is 24.5. The highest BCUT2D eigenvalue weighted by Gasteiger charge is 2.40. The second-order valence-corrected chi connectivity index (χ2v) is 10.6. The highest BCUT2D eigenvalue weighted by Crippen LogP contribution is 2.30. The number of aliphatic hydroxyl groups is 1. The van der Waals surface area contributed by atoms with Crippen LogP contribution in [0.2, 0.25) is 0 Å². The van der Waals surface area contributed by atoms with Crippen LogP contribution in [0.15, 0.2) is 30.0 Å². The van der Waals surface area contributed by atoms with Gasteiger partial charge in [-0.2, -0.15) is 0 Å². The number of nitrogens with two attached hydrogens (primary N) is 1. The normalized spacial score (nSPS) is 20.7. The van der Waals surface area contributed by atoms with Crippen LogP contribution >= 0.6 is 0 Å². The Hall–Kier alpha value is -2.87. The predicted octanol–water partition coefficient (Wildman–Crippen LogP) is 4.25. The molecule has 35 heavy (non-hydrogen) atoms. The summed E-state index contributed by atoms with van der Waals surface area (Å²) in [6.45, 7) is 7.49. The van der Waals surface area contributed by atoms with Crippen molar-refractivity contribution in [3.8, 4) is 0 Å². The number of nitrogens with zero attached hydrogens (tertiary/aromatic N) is 1. The zero-order chi connectivity index (χ0) is 25.8. The van der Waals surface area contributed by atoms with Crippen molar-refractivity contribution in [1.82, 2.24) is 10.2 Å². The highest BCUT2D eigenvalue weighted by atomic mass is 16.3. The topological polar surface area (TPSA) is 132 Å². The van der Waals surface area contributed by atoms with E-state index in [1.54, 1.807) is 44.7 Å². The van der Waals surface area contributed by atoms with Crippen molar-refractivity contribution in [2.45, 2.75) is 90.3 Å². The summed E-state index contributed by atoms with van der Waals surface area (Å²) >= 11 is 0. The maximum absolute atomic E-state index is 13.4. The Kier molecular flexibility index (Phi) is 8.59. The molecule has 1 saturated heterocycles. The molecule has 2 aliphatic rings. The molecular weight excluding hydrogens is 442 g/mol. The number of benzene rings is 1. The summed E-state index contributed by atoms with van der Waals surface area (Å²) in [5.41, 5.74) is 8.04. The molecule has 1 saturated carbocycles. The fraction of sp³-hybridized carbons (Fsp3) is 0.593. The third-order valence-electron chi connectivity index (χ3n) is 7.22. The van der Waals surface area contributed by atoms with E-state index in [0.717, 1.165) is 50.5 Å². The molecule has 1 aromatic carbocycles. The largest absolute Gasteiger partial charge is 0.402 e. The van der Waals surface area contributed by atoms with Gasteiger partial charge in [0.25, 0.3) is 0 Å². The minimum absolute atomic E-state index is 0.0742. The molecular formula is C27H41N5O3. The lowest BCUT2D eigenvalue weighted by Crippen LogP contribution is -2.57. The molecule has 8 nitrogen and oxygen atoms in total. The summed E-state index contributed by atoms with van der Waals surface area (Å²) in [6.07, 6.45) is 6.62. The van der Waals surface area contributed by atoms with Crippen molar-refractivity contribution in [3.05, 3.63) is 35.5 Å². The summed E-state index contributed by atoms with van der Waals surface area (Å²) in [7, 11) is 0. The zero-order valence-corrected chi connectivity index (χ0v) is 21.5. The van der Waals surface area contributed by atoms with Gasteiger partial charge in [-0.15, -0.1) is 0 Å². The van der Waals surface area contributed by atoms with Crippen molar-refractivity contribution < 1.29 is 14.7 Å². The number of carbonyl (C=O) groups excluding carboxylic acids is 2. The van der Waals surface area contributed by atoms with E-state index in [0.29, 0.717) is 29.2 Å². The highest BCUT2D eigenvalue weighted by molar-refractivity contribution is 6.21. The maximum Gasteiger partial charge on any atom is 0.318 e. The molecule has 0 spiro atoms. The van der Waals surface area contributed by atoms with Crippen molar-refractivity contribution in [2.75, 3.05) is 11.9 Å². The van der Waals surface area contributed by atoms with Gasteiger partial charge >= 0.3 is 6.03 Å². The van der Waals surface area contributed by atoms with Gasteiger partial charge in [0.1, 0.15) is 6.04 Å². The molecule has 8 heteroatoms. The van der Waals surface area contributed by atoms with Crippen LogP contribution in [-0.2, 0) is 4.79 Å². The van der Waals surface area contributed by atoms with Crippen molar-refractivity contribution in [1.29, 1.82) is 5.41 Å². The monoisotopic (exact) mass is 483 g/mol. The Labute approximate surface area is 208 Å². The molecule has 3 rings (SSSR count). The second kappa shape index (κ2) is 11.2. The summed E-state index contributed by atoms with van der Waals surface area (Å²) in [6, 6.07) is 6.07. The van der Waals surface area contributed by atoms with E-state index < -0.39 is 11.6 Å². The average Bonchev–Trinajstić information content (AvgIpc) is 3.29. The van der Waals surface area contributed by atoms with E-state index in [4.69, 9.17) is 11.1 Å². The Morgan fingerprint density at radius 2 is 1.71 bits per heavy atom. The Morgan fingerprint density at radius 3 is 2.26 bits per heavy atom. The average molecular weight is 484 g/mol. The number of allylic oxidation sites excluding steroid dienone is 2. The first-order chi connectivity index (χ1) is 16.5. The van der Waals surface area contributed by atoms with E-state index >= 15 is 0 Å². The first-order valence-electron chi connectivity index (χ1n) is 12.7. The van der Waals surface area contributed by atoms with E-state index in [1.165, 1.54) is 0 Å². The number of urea groups is 1. The molecule has 1 aromatic rings. The molecule has 192 valence electrons. The molecule has 0 aromatic heterocycles. The third kappa shape index (κ3) is 6.63. The minimum atomic E-state index is -0.998. The lowest BCUT2D eigenvalue weighted by atomic mass is 9.83. The number of likely N-dealkylation sites (tertiary alicyclic amines) is 1. The fourth-order valence-corrected chi connectivity index (χ4v) is 5.51. The number of nitrogens with one attached hydrogen (secondary N) is 3. The van der Waals surface area contributed by atoms with E-state index in [-0.39, 0.29) is 23.9 Å². The summed E-state index contributed by atoms with van der Waals surface area (Å²) < 4.78 is 0. The Morgan fingerprint density at radius 1 is 1.09 bits per heavy atom. The first kappa shape index (κ1) is 26.7. The molecule has 1 aliphatic heterocycles. The molecule has 6 N–H and O–H groups in total. The lowest BCUT2D eigenvalue weighted by molar-refractivity contribution is -0.119. The third-order valence-corrected chi connectivity index (χ3v) is 7.22. The number of hydrogen-bond acceptors (Lipinski definition) is 5. The smallest absolute Gasteiger partial charge is 0.318 e. The summed E-state index contributed by atoms with van der Waals surface area (Å²) in [5.74, 6) is -0.156. The minimum Gasteiger partial charge on any atom is -0.402 e. The molecule has 0 bridgehead atoms. The molecule has 3 amide bonds. The molecule has 2 atom stereocenters. The van der Waals surface area contributed by atoms with Gasteiger partial charge in [-0.1, -0.05) is 31.4 Å². The van der Waals surface area contributed by atoms with Crippen molar-refractivity contribution in [2.24, 2.45) is 11.7 Å². The second-order valence-electron chi connectivity index (χ2n) is 10.6. The van der Waals surface area contributed by atoms with Gasteiger partial charge in [0.05, 0.1) is 11.6 Å². The standard InChI is InChI=1S/C27H41N5O3/c1-17(28)23(18(2)29)19-12-14-21(15-13-19)30-25(33)24(20-9-6-5-7-10-20)31-26(34)32-16-8-11-22(32)27(3,4)35/h12-15,20,22,24,28,35H,5-11,16,29H2,1-4H3,(H,30,33)(H,31,34)/b23-18+,28-17?. The molecule has 2 fully saturated rings. The first-order valence-corrected chi connectivity index (χ1v) is 12.7. The van der Waals surface area contributed by atoms with Gasteiger partial charge < -0.3 is 31.8 Å². The van der Waals surface area contributed by atoms with E-state index in [2.05, 4.69) is 10.6 Å². The van der Waals surface area contributed by atoms with Crippen LogP contribution in [0.25, 0.3) is 5.57 Å². The van der Waals surface area contributed by atoms with Gasteiger partial charge in [0.15, 0.2) is 0 Å². The molecule has 1 heterocycles. The molecule has 0 radical (unpaired) electrons. The van der Waals surface area contributed by atoms with Crippen LogP contribution in [0.5, 0.6) is 0 Å². The zero-order valence-electron chi connectivity index (χ0n) is 21.5. The number of rotatable bonds is 7. The number of amides is 3. The van der Waals surface area contributed by atoms with Gasteiger partial charge in [-0.05, 0) is 77.0 Å². The van der Waals surface area contributed by atoms with Crippen LogP contribution in [0, 0.1) is 11.3 Å². The lowest BCUT2D eigenvalue weighted by Gasteiger charge is -2.36. The van der Waals surface area contributed by atoms with Crippen LogP contribution in [0.1, 0.15) is 78.2 Å². The van der Waals surface area contributed by atoms with Crippen LogP contribution in [0.3, 0.4) is 0 Å². The van der Waals surface area contributed by atoms with Crippen LogP contribution < -0.4 is 16.4 Å². The number of hydrogen-bond donors (Lipinski definition) is 5. The van der Waals surface area contributed by atoms with Gasteiger partial charge in [0.2, 0.25) is 5.91 Å². The van der Waals surface area contributed by atoms with Crippen molar-refractivity contribution in [3.63, 3.8) is 0 Å². The van der Waals surface area contributed by atoms with Gasteiger partial charge in [-0.25, -0.2) is 4.79 Å². The van der Waals surface area contributed by atoms with Gasteiger partial charge in [-0.3, -0.25) is 4.79 Å². The number of anilines is 1. The van der Waals surface area contributed by atoms with Crippen molar-refractivity contribution >= 4 is 28.9 Å². The Bertz CT molecular complexity index is 954. The SMILES string of the molecule is CC(=N)/C(=C(/C)N)c1ccc(NC(=O)C(NC(=O)N2CCCC2C(C)(C)O)C2CCCCC2)cc1. The van der Waals surface area contributed by atoms with Gasteiger partial charge in [0, 0.05) is 29.2 Å². The molecule has 2 unspecified atom stereocenters. The number of carbonyl (C=O) groups is 2. The maximum atomic E-state index is 13.4.